The summed E-state index contributed by atoms with van der Waals surface area (Å²) in [4.78, 5) is 24.3. The Bertz CT molecular complexity index is 1200. The zero-order valence-corrected chi connectivity index (χ0v) is 23.9. The van der Waals surface area contributed by atoms with Crippen molar-refractivity contribution in [2.24, 2.45) is 0 Å². The van der Waals surface area contributed by atoms with Crippen molar-refractivity contribution < 1.29 is 56.7 Å². The Hall–Kier alpha value is -2.62. The number of rotatable bonds is 8. The molecule has 1 aromatic heterocycles. The Morgan fingerprint density at radius 3 is 2.55 bits per heavy atom. The van der Waals surface area contributed by atoms with Gasteiger partial charge in [0.25, 0.3) is 0 Å². The van der Waals surface area contributed by atoms with Gasteiger partial charge in [-0.3, -0.25) is 15.6 Å². The number of nitrogens with zero attached hydrogens (tertiary/aromatic N) is 4. The van der Waals surface area contributed by atoms with Crippen molar-refractivity contribution >= 4 is 22.5 Å². The van der Waals surface area contributed by atoms with Crippen molar-refractivity contribution in [3.63, 3.8) is 0 Å². The zero-order chi connectivity index (χ0) is 26.8. The van der Waals surface area contributed by atoms with E-state index < -0.39 is 6.17 Å². The number of halogens is 1. The second-order valence-corrected chi connectivity index (χ2v) is 8.40. The molecular weight excluding hydrogens is 497 g/mol. The minimum Gasteiger partial charge on any atom is -0.551 e. The van der Waals surface area contributed by atoms with Crippen LogP contribution in [0.3, 0.4) is 0 Å². The van der Waals surface area contributed by atoms with Crippen LogP contribution in [0.15, 0.2) is 49.1 Å². The first-order chi connectivity index (χ1) is 17.8. The van der Waals surface area contributed by atoms with E-state index in [9.17, 15) is 9.18 Å². The molecule has 2 heterocycles. The molecule has 1 atom stereocenters. The van der Waals surface area contributed by atoms with Crippen molar-refractivity contribution in [2.75, 3.05) is 37.7 Å². The van der Waals surface area contributed by atoms with Gasteiger partial charge in [0.1, 0.15) is 0 Å². The predicted molar refractivity (Wildman–Crippen MR) is 150 cm³/mol. The van der Waals surface area contributed by atoms with Crippen LogP contribution in [0.1, 0.15) is 17.7 Å². The van der Waals surface area contributed by atoms with E-state index in [1.807, 2.05) is 24.3 Å². The molecule has 0 unspecified atom stereocenters. The van der Waals surface area contributed by atoms with Crippen molar-refractivity contribution in [1.29, 1.82) is 0 Å². The average Bonchev–Trinajstić information content (AvgIpc) is 2.90. The van der Waals surface area contributed by atoms with E-state index in [2.05, 4.69) is 48.3 Å². The molecule has 0 saturated carbocycles. The van der Waals surface area contributed by atoms with Gasteiger partial charge in [0.15, 0.2) is 0 Å². The van der Waals surface area contributed by atoms with Crippen LogP contribution in [0.25, 0.3) is 10.8 Å². The van der Waals surface area contributed by atoms with Gasteiger partial charge < -0.3 is 40.9 Å². The number of phenols is 1. The molecule has 0 aliphatic carbocycles. The third kappa shape index (κ3) is 10.7. The predicted octanol–water partition coefficient (Wildman–Crippen LogP) is -1.18. The largest absolute Gasteiger partial charge is 1.00 e. The van der Waals surface area contributed by atoms with Crippen LogP contribution in [0.4, 0.5) is 10.2 Å². The average molecular weight is 533 g/mol. The Balaban J connectivity index is 0.000000914. The second-order valence-electron chi connectivity index (χ2n) is 8.40. The molecule has 0 spiro atoms. The van der Waals surface area contributed by atoms with Crippen LogP contribution < -0.4 is 47.4 Å². The summed E-state index contributed by atoms with van der Waals surface area (Å²) in [5.74, 6) is 0.920. The summed E-state index contributed by atoms with van der Waals surface area (Å²) in [6, 6.07) is 14.3. The molecule has 1 aliphatic heterocycles. The van der Waals surface area contributed by atoms with Crippen LogP contribution >= 0.6 is 0 Å². The summed E-state index contributed by atoms with van der Waals surface area (Å²) in [5.41, 5.74) is 1.41. The van der Waals surface area contributed by atoms with E-state index in [0.29, 0.717) is 38.3 Å². The summed E-state index contributed by atoms with van der Waals surface area (Å²) in [7, 11) is 0. The topological polar surface area (TPSA) is 78.8 Å². The maximum absolute atomic E-state index is 12.7. The molecule has 10 heteroatoms. The number of fused-ring (bicyclic) bond motifs is 1. The minimum absolute atomic E-state index is 0. The molecule has 2 aromatic carbocycles. The minimum atomic E-state index is -1.15. The number of carbonyl (C=O) groups is 1. The van der Waals surface area contributed by atoms with E-state index in [0.717, 1.165) is 22.2 Å². The molecule has 1 fully saturated rings. The first-order valence-corrected chi connectivity index (χ1v) is 12.0. The summed E-state index contributed by atoms with van der Waals surface area (Å²) < 4.78 is 18.2. The fourth-order valence-corrected chi connectivity index (χ4v) is 3.83. The normalized spacial score (nSPS) is 13.0. The fraction of sp³-hybridized carbons (Fsp3) is 0.267. The number of phenolic OH excluding ortho intramolecular Hbond substituents is 1. The van der Waals surface area contributed by atoms with Gasteiger partial charge in [-0.05, 0) is 12.7 Å². The van der Waals surface area contributed by atoms with Crippen LogP contribution in [0.5, 0.6) is 11.8 Å². The maximum atomic E-state index is 12.7. The summed E-state index contributed by atoms with van der Waals surface area (Å²) >= 11 is 0. The quantitative estimate of drug-likeness (QED) is 0.170. The van der Waals surface area contributed by atoms with Crippen molar-refractivity contribution in [2.45, 2.75) is 19.0 Å². The van der Waals surface area contributed by atoms with Gasteiger partial charge in [0.2, 0.25) is 5.91 Å². The summed E-state index contributed by atoms with van der Waals surface area (Å²) in [6.07, 6.45) is 2.53. The van der Waals surface area contributed by atoms with Gasteiger partial charge in [-0.25, -0.2) is 18.3 Å². The van der Waals surface area contributed by atoms with E-state index in [1.165, 1.54) is 6.08 Å². The van der Waals surface area contributed by atoms with Crippen molar-refractivity contribution in [1.82, 2.24) is 14.9 Å². The van der Waals surface area contributed by atoms with Gasteiger partial charge in [-0.15, -0.1) is 35.0 Å². The molecule has 40 heavy (non-hydrogen) atoms. The van der Waals surface area contributed by atoms with Gasteiger partial charge in [0.05, 0.1) is 5.82 Å². The van der Waals surface area contributed by atoms with Crippen LogP contribution in [0, 0.1) is 40.7 Å². The molecule has 7 nitrogen and oxygen atoms in total. The zero-order valence-electron chi connectivity index (χ0n) is 23.9. The van der Waals surface area contributed by atoms with Crippen LogP contribution in [-0.2, 0) is 11.2 Å². The first kappa shape index (κ1) is 37.4. The Morgan fingerprint density at radius 1 is 1.25 bits per heavy atom. The number of hydrogen-bond acceptors (Lipinski definition) is 6. The van der Waals surface area contributed by atoms with E-state index in [4.69, 9.17) is 9.84 Å². The van der Waals surface area contributed by atoms with E-state index in [-0.39, 0.29) is 75.8 Å². The van der Waals surface area contributed by atoms with Gasteiger partial charge >= 0.3 is 43.7 Å². The Kier molecular flexibility index (Phi) is 17.5. The molecule has 0 radical (unpaired) electrons. The number of hydrogen-bond donors (Lipinski definition) is 1. The van der Waals surface area contributed by atoms with Gasteiger partial charge in [-0.1, -0.05) is 36.6 Å². The number of alkyl halides is 1. The number of aromatic nitrogens is 2. The molecule has 3 aromatic rings. The molecule has 1 N–H and O–H groups in total. The van der Waals surface area contributed by atoms with Crippen molar-refractivity contribution in [3.05, 3.63) is 101 Å². The maximum Gasteiger partial charge on any atom is 1.00 e. The van der Waals surface area contributed by atoms with E-state index >= 15 is 0 Å². The van der Waals surface area contributed by atoms with Gasteiger partial charge in [-0.2, -0.15) is 17.0 Å². The number of aromatic hydroxyl groups is 1. The number of anilines is 1. The third-order valence-corrected chi connectivity index (χ3v) is 5.76. The van der Waals surface area contributed by atoms with E-state index in [1.54, 1.807) is 23.5 Å². The molecule has 4 rings (SSSR count). The van der Waals surface area contributed by atoms with Crippen LogP contribution in [0.2, 0.25) is 0 Å². The van der Waals surface area contributed by atoms with Crippen molar-refractivity contribution in [3.8, 4) is 11.8 Å². The SMILES string of the molecule is C=CC(=O)N1CCN(c2nc(OC[CH-]C[C@H]([CH2-])F)nc([CH2-])c2C[CH2-])CC1.Oc1c[c-]c2ccccc2c1.[CH3-].[Li+].[Li+]. The number of amides is 1. The number of piperazine rings is 1. The number of carbonyl (C=O) groups excluding carboxylic acids is 1. The molecule has 0 bridgehead atoms. The smallest absolute Gasteiger partial charge is 0.551 e. The molecular formula is C30H35FLi2N4O3-4. The number of benzene rings is 2. The standard InChI is InChI=1S/C19H25FN4O2.C10H7O.CH3.2Li/c1-5-16-15(4)21-19(26-13-7-8-14(3)20)22-18(16)24-11-9-23(10-12-24)17(25)6-2;11-10-6-5-8-3-1-2-4-9(8)7-10;;;/h6-7,14H,1-5,8-13H2;1-4,6-7,11H;1H3;;/q-4;2*-1;2*+1/t14-;;;;/m0..../s1. The molecule has 1 saturated heterocycles. The third-order valence-electron chi connectivity index (χ3n) is 5.76. The fourth-order valence-electron chi connectivity index (χ4n) is 3.83. The first-order valence-electron chi connectivity index (χ1n) is 12.0. The Labute approximate surface area is 262 Å². The molecule has 206 valence electrons. The summed E-state index contributed by atoms with van der Waals surface area (Å²) in [5, 5.41) is 11.2. The monoisotopic (exact) mass is 532 g/mol. The van der Waals surface area contributed by atoms with Crippen LogP contribution in [-0.4, -0.2) is 64.8 Å². The summed E-state index contributed by atoms with van der Waals surface area (Å²) in [6.45, 7) is 17.3. The second kappa shape index (κ2) is 18.7. The van der Waals surface area contributed by atoms with Gasteiger partial charge in [0, 0.05) is 31.9 Å². The Morgan fingerprint density at radius 2 is 1.93 bits per heavy atom. The molecule has 1 amide bonds. The molecule has 1 aliphatic rings. The number of ether oxygens (including phenoxy) is 1.